The standard InChI is InChI=1S/C30H28FIN2O2/c1-30(2,36)25-17-26(33-29(28(25)31)23-13-15-24(32)16-14-23)27(35)20-34(18-21-9-5-3-6-10-21)19-22-11-7-4-8-12-22/h3-17,36H,18-20H2,1-2H3. The molecule has 0 aliphatic heterocycles. The first-order valence-corrected chi connectivity index (χ1v) is 12.8. The molecule has 184 valence electrons. The first-order valence-electron chi connectivity index (χ1n) is 11.7. The highest BCUT2D eigenvalue weighted by Gasteiger charge is 2.27. The van der Waals surface area contributed by atoms with Crippen molar-refractivity contribution in [2.45, 2.75) is 32.5 Å². The molecule has 0 aliphatic rings. The van der Waals surface area contributed by atoms with Crippen LogP contribution in [0, 0.1) is 9.39 Å². The number of hydrogen-bond donors (Lipinski definition) is 1. The smallest absolute Gasteiger partial charge is 0.195 e. The molecular weight excluding hydrogens is 566 g/mol. The van der Waals surface area contributed by atoms with Gasteiger partial charge >= 0.3 is 0 Å². The fourth-order valence-electron chi connectivity index (χ4n) is 4.05. The summed E-state index contributed by atoms with van der Waals surface area (Å²) in [6.45, 7) is 4.26. The number of halogens is 2. The number of benzene rings is 3. The van der Waals surface area contributed by atoms with Crippen LogP contribution in [0.4, 0.5) is 4.39 Å². The maximum Gasteiger partial charge on any atom is 0.195 e. The van der Waals surface area contributed by atoms with Crippen LogP contribution in [-0.4, -0.2) is 27.3 Å². The van der Waals surface area contributed by atoms with E-state index in [0.29, 0.717) is 18.7 Å². The molecule has 0 aliphatic carbocycles. The largest absolute Gasteiger partial charge is 0.386 e. The summed E-state index contributed by atoms with van der Waals surface area (Å²) in [5, 5.41) is 10.7. The second-order valence-electron chi connectivity index (χ2n) is 9.32. The van der Waals surface area contributed by atoms with Crippen LogP contribution in [0.5, 0.6) is 0 Å². The zero-order chi connectivity index (χ0) is 25.7. The van der Waals surface area contributed by atoms with Gasteiger partial charge < -0.3 is 5.11 Å². The third-order valence-electron chi connectivity index (χ3n) is 5.89. The van der Waals surface area contributed by atoms with Crippen molar-refractivity contribution in [3.8, 4) is 11.3 Å². The van der Waals surface area contributed by atoms with Crippen molar-refractivity contribution in [3.05, 3.63) is 123 Å². The molecule has 6 heteroatoms. The lowest BCUT2D eigenvalue weighted by Gasteiger charge is -2.23. The summed E-state index contributed by atoms with van der Waals surface area (Å²) >= 11 is 2.18. The number of carbonyl (C=O) groups is 1. The number of hydrogen-bond acceptors (Lipinski definition) is 4. The SMILES string of the molecule is CC(C)(O)c1cc(C(=O)CN(Cc2ccccc2)Cc2ccccc2)nc(-c2ccc(I)cc2)c1F. The molecule has 0 fully saturated rings. The normalized spacial score (nSPS) is 11.6. The van der Waals surface area contributed by atoms with Crippen LogP contribution in [0.3, 0.4) is 0 Å². The average Bonchev–Trinajstić information content (AvgIpc) is 2.85. The molecule has 36 heavy (non-hydrogen) atoms. The Morgan fingerprint density at radius 1 is 0.917 bits per heavy atom. The number of carbonyl (C=O) groups excluding carboxylic acids is 1. The lowest BCUT2D eigenvalue weighted by atomic mass is 9.94. The molecule has 0 amide bonds. The molecule has 4 aromatic rings. The van der Waals surface area contributed by atoms with E-state index in [1.165, 1.54) is 19.9 Å². The van der Waals surface area contributed by atoms with E-state index in [1.54, 1.807) is 12.1 Å². The van der Waals surface area contributed by atoms with Crippen LogP contribution in [-0.2, 0) is 18.7 Å². The zero-order valence-corrected chi connectivity index (χ0v) is 22.4. The van der Waals surface area contributed by atoms with Gasteiger partial charge in [0.1, 0.15) is 11.4 Å². The van der Waals surface area contributed by atoms with E-state index >= 15 is 4.39 Å². The van der Waals surface area contributed by atoms with Crippen LogP contribution < -0.4 is 0 Å². The topological polar surface area (TPSA) is 53.4 Å². The molecule has 0 atom stereocenters. The van der Waals surface area contributed by atoms with Crippen molar-refractivity contribution in [1.82, 2.24) is 9.88 Å². The van der Waals surface area contributed by atoms with E-state index in [2.05, 4.69) is 27.6 Å². The van der Waals surface area contributed by atoms with Gasteiger partial charge in [-0.3, -0.25) is 9.69 Å². The van der Waals surface area contributed by atoms with Crippen molar-refractivity contribution in [2.24, 2.45) is 0 Å². The van der Waals surface area contributed by atoms with Gasteiger partial charge in [0.2, 0.25) is 0 Å². The first kappa shape index (κ1) is 26.1. The minimum atomic E-state index is -1.48. The summed E-state index contributed by atoms with van der Waals surface area (Å²) < 4.78 is 16.5. The minimum absolute atomic E-state index is 0.0482. The van der Waals surface area contributed by atoms with Gasteiger partial charge in [-0.2, -0.15) is 0 Å². The highest BCUT2D eigenvalue weighted by Crippen LogP contribution is 2.31. The molecule has 0 spiro atoms. The predicted molar refractivity (Wildman–Crippen MR) is 149 cm³/mol. The molecule has 1 aromatic heterocycles. The quantitative estimate of drug-likeness (QED) is 0.175. The van der Waals surface area contributed by atoms with Gasteiger partial charge in [0, 0.05) is 27.8 Å². The summed E-state index contributed by atoms with van der Waals surface area (Å²) in [5.41, 5.74) is 1.49. The van der Waals surface area contributed by atoms with Crippen LogP contribution >= 0.6 is 22.6 Å². The molecule has 3 aromatic carbocycles. The molecular formula is C30H28FIN2O2. The molecule has 0 saturated heterocycles. The Balaban J connectivity index is 1.69. The lowest BCUT2D eigenvalue weighted by Crippen LogP contribution is -2.30. The first-order chi connectivity index (χ1) is 17.2. The van der Waals surface area contributed by atoms with Gasteiger partial charge in [-0.25, -0.2) is 9.37 Å². The van der Waals surface area contributed by atoms with Crippen molar-refractivity contribution in [2.75, 3.05) is 6.54 Å². The highest BCUT2D eigenvalue weighted by molar-refractivity contribution is 14.1. The Bertz CT molecular complexity index is 1280. The van der Waals surface area contributed by atoms with Crippen molar-refractivity contribution in [1.29, 1.82) is 0 Å². The van der Waals surface area contributed by atoms with Crippen LogP contribution in [0.1, 0.15) is 41.0 Å². The van der Waals surface area contributed by atoms with Crippen LogP contribution in [0.2, 0.25) is 0 Å². The second-order valence-corrected chi connectivity index (χ2v) is 10.6. The number of rotatable bonds is 9. The van der Waals surface area contributed by atoms with E-state index in [9.17, 15) is 9.90 Å². The van der Waals surface area contributed by atoms with E-state index in [0.717, 1.165) is 14.7 Å². The molecule has 0 radical (unpaired) electrons. The summed E-state index contributed by atoms with van der Waals surface area (Å²) in [7, 11) is 0. The lowest BCUT2D eigenvalue weighted by molar-refractivity contribution is 0.0742. The Morgan fingerprint density at radius 3 is 1.94 bits per heavy atom. The number of Topliss-reactive ketones (excluding diaryl/α,β-unsaturated/α-hetero) is 1. The zero-order valence-electron chi connectivity index (χ0n) is 20.3. The average molecular weight is 594 g/mol. The van der Waals surface area contributed by atoms with Crippen molar-refractivity contribution < 1.29 is 14.3 Å². The third kappa shape index (κ3) is 6.63. The van der Waals surface area contributed by atoms with E-state index in [1.807, 2.05) is 77.7 Å². The molecule has 4 rings (SSSR count). The Labute approximate surface area is 225 Å². The van der Waals surface area contributed by atoms with Gasteiger partial charge in [-0.1, -0.05) is 72.8 Å². The monoisotopic (exact) mass is 594 g/mol. The fourth-order valence-corrected chi connectivity index (χ4v) is 4.41. The molecule has 0 unspecified atom stereocenters. The van der Waals surface area contributed by atoms with E-state index in [-0.39, 0.29) is 29.3 Å². The highest BCUT2D eigenvalue weighted by atomic mass is 127. The van der Waals surface area contributed by atoms with Crippen LogP contribution in [0.15, 0.2) is 91.0 Å². The van der Waals surface area contributed by atoms with Gasteiger partial charge in [0.25, 0.3) is 0 Å². The summed E-state index contributed by atoms with van der Waals surface area (Å²) in [4.78, 5) is 20.1. The minimum Gasteiger partial charge on any atom is -0.386 e. The maximum absolute atomic E-state index is 15.5. The summed E-state index contributed by atoms with van der Waals surface area (Å²) in [6, 6.07) is 28.6. The van der Waals surface area contributed by atoms with Gasteiger partial charge in [-0.05, 0) is 65.8 Å². The fraction of sp³-hybridized carbons (Fsp3) is 0.200. The van der Waals surface area contributed by atoms with Gasteiger partial charge in [0.15, 0.2) is 11.6 Å². The maximum atomic E-state index is 15.5. The predicted octanol–water partition coefficient (Wildman–Crippen LogP) is 6.60. The number of nitrogens with zero attached hydrogens (tertiary/aromatic N) is 2. The number of aliphatic hydroxyl groups is 1. The molecule has 1 N–H and O–H groups in total. The van der Waals surface area contributed by atoms with Gasteiger partial charge in [-0.15, -0.1) is 0 Å². The summed E-state index contributed by atoms with van der Waals surface area (Å²) in [5.74, 6) is -0.857. The van der Waals surface area contributed by atoms with Crippen LogP contribution in [0.25, 0.3) is 11.3 Å². The Hall–Kier alpha value is -2.94. The summed E-state index contributed by atoms with van der Waals surface area (Å²) in [6.07, 6.45) is 0. The number of aromatic nitrogens is 1. The van der Waals surface area contributed by atoms with E-state index < -0.39 is 11.4 Å². The Kier molecular flexibility index (Phi) is 8.28. The van der Waals surface area contributed by atoms with Gasteiger partial charge in [0.05, 0.1) is 12.1 Å². The molecule has 0 saturated carbocycles. The van der Waals surface area contributed by atoms with Crippen molar-refractivity contribution >= 4 is 28.4 Å². The Morgan fingerprint density at radius 2 is 1.44 bits per heavy atom. The second kappa shape index (κ2) is 11.4. The van der Waals surface area contributed by atoms with E-state index in [4.69, 9.17) is 0 Å². The molecule has 1 heterocycles. The molecule has 0 bridgehead atoms. The number of ketones is 1. The van der Waals surface area contributed by atoms with Crippen molar-refractivity contribution in [3.63, 3.8) is 0 Å². The molecule has 4 nitrogen and oxygen atoms in total. The number of pyridine rings is 1. The third-order valence-corrected chi connectivity index (χ3v) is 6.60.